The number of hydrogen-bond donors (Lipinski definition) is 1. The molecule has 0 bridgehead atoms. The van der Waals surface area contributed by atoms with Crippen molar-refractivity contribution in [1.29, 1.82) is 0 Å². The second kappa shape index (κ2) is 6.55. The Morgan fingerprint density at radius 3 is 2.63 bits per heavy atom. The van der Waals surface area contributed by atoms with Crippen LogP contribution in [0.3, 0.4) is 0 Å². The average molecular weight is 259 g/mol. The lowest BCUT2D eigenvalue weighted by Gasteiger charge is -2.16. The Hall–Kier alpha value is -1.58. The Balaban J connectivity index is 2.28. The maximum absolute atomic E-state index is 5.47. The molecule has 1 atom stereocenters. The second-order valence-corrected chi connectivity index (χ2v) is 4.70. The zero-order valence-electron chi connectivity index (χ0n) is 11.8. The number of hydrogen-bond acceptors (Lipinski definition) is 3. The number of fused-ring (bicyclic) bond motifs is 1. The molecule has 3 heteroatoms. The van der Waals surface area contributed by atoms with Crippen LogP contribution in [-0.2, 0) is 11.3 Å². The van der Waals surface area contributed by atoms with Crippen LogP contribution in [0.1, 0.15) is 12.5 Å². The minimum Gasteiger partial charge on any atom is -0.496 e. The molecule has 0 spiro atoms. The lowest BCUT2D eigenvalue weighted by Crippen LogP contribution is -2.29. The zero-order chi connectivity index (χ0) is 13.7. The van der Waals surface area contributed by atoms with Crippen LogP contribution >= 0.6 is 0 Å². The molecule has 0 aliphatic heterocycles. The van der Waals surface area contributed by atoms with Crippen LogP contribution in [0.4, 0.5) is 0 Å². The summed E-state index contributed by atoms with van der Waals surface area (Å²) in [4.78, 5) is 0. The number of ether oxygens (including phenoxy) is 2. The number of methoxy groups -OCH3 is 2. The van der Waals surface area contributed by atoms with Crippen molar-refractivity contribution >= 4 is 10.8 Å². The van der Waals surface area contributed by atoms with E-state index in [0.717, 1.165) is 12.3 Å². The Bertz CT molecular complexity index is 539. The quantitative estimate of drug-likeness (QED) is 0.865. The molecule has 19 heavy (non-hydrogen) atoms. The summed E-state index contributed by atoms with van der Waals surface area (Å²) < 4.78 is 10.6. The molecule has 0 radical (unpaired) electrons. The molecule has 0 aliphatic rings. The fourth-order valence-corrected chi connectivity index (χ4v) is 2.27. The lowest BCUT2D eigenvalue weighted by atomic mass is 10.0. The van der Waals surface area contributed by atoms with Gasteiger partial charge < -0.3 is 14.8 Å². The second-order valence-electron chi connectivity index (χ2n) is 4.70. The summed E-state index contributed by atoms with van der Waals surface area (Å²) in [6.45, 7) is 3.59. The van der Waals surface area contributed by atoms with Gasteiger partial charge in [-0.25, -0.2) is 0 Å². The van der Waals surface area contributed by atoms with Gasteiger partial charge in [0.15, 0.2) is 0 Å². The van der Waals surface area contributed by atoms with Gasteiger partial charge in [0.2, 0.25) is 0 Å². The Morgan fingerprint density at radius 2 is 1.89 bits per heavy atom. The van der Waals surface area contributed by atoms with Crippen molar-refractivity contribution in [2.45, 2.75) is 19.5 Å². The summed E-state index contributed by atoms with van der Waals surface area (Å²) in [5.74, 6) is 0.927. The average Bonchev–Trinajstić information content (AvgIpc) is 2.44. The SMILES string of the molecule is COCC(C)NCc1c(OC)ccc2ccccc12. The van der Waals surface area contributed by atoms with Gasteiger partial charge in [0.1, 0.15) is 5.75 Å². The molecule has 1 unspecified atom stereocenters. The lowest BCUT2D eigenvalue weighted by molar-refractivity contribution is 0.171. The van der Waals surface area contributed by atoms with Gasteiger partial charge in [-0.15, -0.1) is 0 Å². The molecule has 0 heterocycles. The standard InChI is InChI=1S/C16H21NO2/c1-12(11-18-2)17-10-15-14-7-5-4-6-13(14)8-9-16(15)19-3/h4-9,12,17H,10-11H2,1-3H3. The summed E-state index contributed by atoms with van der Waals surface area (Å²) in [6, 6.07) is 12.8. The molecule has 0 amide bonds. The highest BCUT2D eigenvalue weighted by atomic mass is 16.5. The van der Waals surface area contributed by atoms with E-state index in [2.05, 4.69) is 42.6 Å². The van der Waals surface area contributed by atoms with Crippen LogP contribution in [0.15, 0.2) is 36.4 Å². The number of nitrogens with one attached hydrogen (secondary N) is 1. The van der Waals surface area contributed by atoms with E-state index >= 15 is 0 Å². The summed E-state index contributed by atoms with van der Waals surface area (Å²) in [5.41, 5.74) is 1.20. The van der Waals surface area contributed by atoms with Gasteiger partial charge in [0, 0.05) is 25.3 Å². The van der Waals surface area contributed by atoms with E-state index in [0.29, 0.717) is 12.6 Å². The van der Waals surface area contributed by atoms with Crippen LogP contribution in [0, 0.1) is 0 Å². The number of benzene rings is 2. The van der Waals surface area contributed by atoms with E-state index in [1.807, 2.05) is 6.07 Å². The van der Waals surface area contributed by atoms with Crippen LogP contribution in [0.25, 0.3) is 10.8 Å². The third kappa shape index (κ3) is 3.25. The van der Waals surface area contributed by atoms with Crippen molar-refractivity contribution in [2.24, 2.45) is 0 Å². The zero-order valence-corrected chi connectivity index (χ0v) is 11.8. The topological polar surface area (TPSA) is 30.5 Å². The van der Waals surface area contributed by atoms with Crippen molar-refractivity contribution in [2.75, 3.05) is 20.8 Å². The normalized spacial score (nSPS) is 12.6. The highest BCUT2D eigenvalue weighted by Gasteiger charge is 2.09. The summed E-state index contributed by atoms with van der Waals surface area (Å²) in [5, 5.41) is 5.93. The fraction of sp³-hybridized carbons (Fsp3) is 0.375. The first kappa shape index (κ1) is 13.8. The van der Waals surface area contributed by atoms with Crippen LogP contribution in [0.5, 0.6) is 5.75 Å². The molecule has 0 fully saturated rings. The molecule has 102 valence electrons. The summed E-state index contributed by atoms with van der Waals surface area (Å²) >= 11 is 0. The predicted octanol–water partition coefficient (Wildman–Crippen LogP) is 2.97. The van der Waals surface area contributed by atoms with Gasteiger partial charge in [0.25, 0.3) is 0 Å². The fourth-order valence-electron chi connectivity index (χ4n) is 2.27. The van der Waals surface area contributed by atoms with Gasteiger partial charge in [0.05, 0.1) is 13.7 Å². The minimum absolute atomic E-state index is 0.314. The van der Waals surface area contributed by atoms with Gasteiger partial charge >= 0.3 is 0 Å². The monoisotopic (exact) mass is 259 g/mol. The van der Waals surface area contributed by atoms with Crippen molar-refractivity contribution in [3.05, 3.63) is 42.0 Å². The molecule has 1 N–H and O–H groups in total. The maximum atomic E-state index is 5.47. The molecule has 2 aromatic rings. The van der Waals surface area contributed by atoms with Crippen LogP contribution < -0.4 is 10.1 Å². The smallest absolute Gasteiger partial charge is 0.123 e. The van der Waals surface area contributed by atoms with Gasteiger partial charge in [-0.2, -0.15) is 0 Å². The van der Waals surface area contributed by atoms with Crippen LogP contribution in [0.2, 0.25) is 0 Å². The molecule has 2 aromatic carbocycles. The van der Waals surface area contributed by atoms with Gasteiger partial charge in [-0.3, -0.25) is 0 Å². The molecule has 2 rings (SSSR count). The van der Waals surface area contributed by atoms with E-state index in [9.17, 15) is 0 Å². The molecule has 0 aromatic heterocycles. The molecular formula is C16H21NO2. The predicted molar refractivity (Wildman–Crippen MR) is 78.7 cm³/mol. The van der Waals surface area contributed by atoms with Crippen molar-refractivity contribution in [3.8, 4) is 5.75 Å². The number of rotatable bonds is 6. The molecule has 0 saturated heterocycles. The first-order valence-electron chi connectivity index (χ1n) is 6.53. The van der Waals surface area contributed by atoms with Crippen molar-refractivity contribution in [1.82, 2.24) is 5.32 Å². The van der Waals surface area contributed by atoms with E-state index in [4.69, 9.17) is 9.47 Å². The maximum Gasteiger partial charge on any atom is 0.123 e. The Kier molecular flexibility index (Phi) is 4.77. The molecule has 0 saturated carbocycles. The summed E-state index contributed by atoms with van der Waals surface area (Å²) in [7, 11) is 3.43. The third-order valence-corrected chi connectivity index (χ3v) is 3.26. The first-order chi connectivity index (χ1) is 9.26. The van der Waals surface area contributed by atoms with E-state index < -0.39 is 0 Å². The molecular weight excluding hydrogens is 238 g/mol. The van der Waals surface area contributed by atoms with Gasteiger partial charge in [-0.05, 0) is 23.8 Å². The van der Waals surface area contributed by atoms with Crippen molar-refractivity contribution < 1.29 is 9.47 Å². The largest absolute Gasteiger partial charge is 0.496 e. The van der Waals surface area contributed by atoms with Crippen molar-refractivity contribution in [3.63, 3.8) is 0 Å². The Labute approximate surface area is 114 Å². The highest BCUT2D eigenvalue weighted by molar-refractivity contribution is 5.87. The highest BCUT2D eigenvalue weighted by Crippen LogP contribution is 2.27. The van der Waals surface area contributed by atoms with Crippen LogP contribution in [-0.4, -0.2) is 26.9 Å². The van der Waals surface area contributed by atoms with E-state index in [1.54, 1.807) is 14.2 Å². The minimum atomic E-state index is 0.314. The van der Waals surface area contributed by atoms with E-state index in [1.165, 1.54) is 16.3 Å². The first-order valence-corrected chi connectivity index (χ1v) is 6.53. The third-order valence-electron chi connectivity index (χ3n) is 3.26. The molecule has 3 nitrogen and oxygen atoms in total. The Morgan fingerprint density at radius 1 is 1.11 bits per heavy atom. The van der Waals surface area contributed by atoms with Gasteiger partial charge in [-0.1, -0.05) is 30.3 Å². The summed E-state index contributed by atoms with van der Waals surface area (Å²) in [6.07, 6.45) is 0. The van der Waals surface area contributed by atoms with E-state index in [-0.39, 0.29) is 0 Å². The molecule has 0 aliphatic carbocycles.